The van der Waals surface area contributed by atoms with E-state index in [1.54, 1.807) is 17.5 Å². The number of rotatable bonds is 3. The Morgan fingerprint density at radius 2 is 1.92 bits per heavy atom. The molecular formula is C19H22ClN3O2S. The van der Waals surface area contributed by atoms with Gasteiger partial charge in [0.15, 0.2) is 0 Å². The second-order valence-corrected chi connectivity index (χ2v) is 7.38. The van der Waals surface area contributed by atoms with Gasteiger partial charge in [0.25, 0.3) is 11.8 Å². The fourth-order valence-corrected chi connectivity index (χ4v) is 4.46. The Hall–Kier alpha value is -1.89. The summed E-state index contributed by atoms with van der Waals surface area (Å²) in [6.07, 6.45) is 3.11. The minimum atomic E-state index is -0.179. The number of benzene rings is 1. The summed E-state index contributed by atoms with van der Waals surface area (Å²) < 4.78 is 0. The minimum Gasteiger partial charge on any atom is -0.331 e. The van der Waals surface area contributed by atoms with Crippen molar-refractivity contribution in [3.63, 3.8) is 0 Å². The third-order valence-electron chi connectivity index (χ3n) is 5.08. The van der Waals surface area contributed by atoms with Crippen LogP contribution in [0.5, 0.6) is 0 Å². The van der Waals surface area contributed by atoms with Gasteiger partial charge in [-0.15, -0.1) is 12.4 Å². The van der Waals surface area contributed by atoms with Crippen molar-refractivity contribution in [2.45, 2.75) is 31.3 Å². The second kappa shape index (κ2) is 8.20. The van der Waals surface area contributed by atoms with Gasteiger partial charge < -0.3 is 15.5 Å². The first kappa shape index (κ1) is 18.9. The van der Waals surface area contributed by atoms with Crippen molar-refractivity contribution in [1.82, 2.24) is 10.2 Å². The number of para-hydroxylation sites is 1. The monoisotopic (exact) mass is 391 g/mol. The van der Waals surface area contributed by atoms with Crippen molar-refractivity contribution in [2.24, 2.45) is 0 Å². The van der Waals surface area contributed by atoms with Crippen LogP contribution in [0.15, 0.2) is 41.1 Å². The lowest BCUT2D eigenvalue weighted by Gasteiger charge is -2.28. The Labute approximate surface area is 163 Å². The number of amides is 2. The molecule has 2 N–H and O–H groups in total. The third-order valence-corrected chi connectivity index (χ3v) is 5.76. The molecule has 138 valence electrons. The van der Waals surface area contributed by atoms with Crippen LogP contribution >= 0.6 is 23.7 Å². The highest BCUT2D eigenvalue weighted by Crippen LogP contribution is 2.31. The number of nitrogens with zero attached hydrogens (tertiary/aromatic N) is 1. The molecule has 7 heteroatoms. The van der Waals surface area contributed by atoms with Crippen molar-refractivity contribution < 1.29 is 9.59 Å². The average molecular weight is 392 g/mol. The number of carbonyl (C=O) groups is 2. The van der Waals surface area contributed by atoms with Gasteiger partial charge in [0.1, 0.15) is 0 Å². The van der Waals surface area contributed by atoms with Crippen molar-refractivity contribution in [2.75, 3.05) is 18.4 Å². The van der Waals surface area contributed by atoms with Gasteiger partial charge in [-0.25, -0.2) is 0 Å². The number of halogens is 1. The molecule has 26 heavy (non-hydrogen) atoms. The molecule has 2 aliphatic rings. The number of thiophene rings is 1. The van der Waals surface area contributed by atoms with E-state index in [2.05, 4.69) is 10.6 Å². The summed E-state index contributed by atoms with van der Waals surface area (Å²) in [6.45, 7) is 1.81. The first-order chi connectivity index (χ1) is 12.2. The Kier molecular flexibility index (Phi) is 5.96. The lowest BCUT2D eigenvalue weighted by Crippen LogP contribution is -2.42. The normalized spacial score (nSPS) is 21.6. The molecule has 0 aliphatic carbocycles. The van der Waals surface area contributed by atoms with Gasteiger partial charge in [-0.3, -0.25) is 9.59 Å². The number of anilines is 1. The highest BCUT2D eigenvalue weighted by molar-refractivity contribution is 7.08. The fourth-order valence-electron chi connectivity index (χ4n) is 3.82. The van der Waals surface area contributed by atoms with Gasteiger partial charge >= 0.3 is 0 Å². The van der Waals surface area contributed by atoms with Gasteiger partial charge in [0, 0.05) is 24.0 Å². The van der Waals surface area contributed by atoms with E-state index in [1.807, 2.05) is 28.5 Å². The van der Waals surface area contributed by atoms with Crippen LogP contribution in [-0.4, -0.2) is 41.9 Å². The van der Waals surface area contributed by atoms with Crippen LogP contribution < -0.4 is 10.6 Å². The van der Waals surface area contributed by atoms with E-state index < -0.39 is 0 Å². The number of carbonyl (C=O) groups excluding carboxylic acids is 2. The molecule has 2 bridgehead atoms. The lowest BCUT2D eigenvalue weighted by atomic mass is 10.1. The molecule has 2 fully saturated rings. The molecule has 3 heterocycles. The summed E-state index contributed by atoms with van der Waals surface area (Å²) >= 11 is 1.48. The predicted molar refractivity (Wildman–Crippen MR) is 106 cm³/mol. The van der Waals surface area contributed by atoms with E-state index in [4.69, 9.17) is 0 Å². The zero-order valence-corrected chi connectivity index (χ0v) is 15.9. The van der Waals surface area contributed by atoms with Crippen molar-refractivity contribution in [3.05, 3.63) is 52.2 Å². The first-order valence-electron chi connectivity index (χ1n) is 8.70. The quantitative estimate of drug-likeness (QED) is 0.843. The highest BCUT2D eigenvalue weighted by atomic mass is 35.5. The molecule has 2 unspecified atom stereocenters. The standard InChI is InChI=1S/C19H21N3O2S.ClH/c23-18(13-8-10-25-12-13)21-17-4-2-1-3-16(17)19(24)22-14-5-6-15(22)11-20-9-7-14;/h1-4,8,10,12,14-15,20H,5-7,9,11H2,(H,21,23);1H. The Balaban J connectivity index is 0.00000196. The first-order valence-corrected chi connectivity index (χ1v) is 9.64. The van der Waals surface area contributed by atoms with Gasteiger partial charge in [-0.2, -0.15) is 11.3 Å². The largest absolute Gasteiger partial charge is 0.331 e. The number of nitrogens with one attached hydrogen (secondary N) is 2. The van der Waals surface area contributed by atoms with Crippen LogP contribution in [-0.2, 0) is 0 Å². The summed E-state index contributed by atoms with van der Waals surface area (Å²) in [5.74, 6) is -0.153. The topological polar surface area (TPSA) is 61.4 Å². The van der Waals surface area contributed by atoms with Crippen molar-refractivity contribution in [3.8, 4) is 0 Å². The SMILES string of the molecule is Cl.O=C(Nc1ccccc1C(=O)N1C2CCNCC1CC2)c1ccsc1. The summed E-state index contributed by atoms with van der Waals surface area (Å²) in [6, 6.07) is 9.64. The lowest BCUT2D eigenvalue weighted by molar-refractivity contribution is 0.0681. The summed E-state index contributed by atoms with van der Waals surface area (Å²) in [5, 5.41) is 10.00. The van der Waals surface area contributed by atoms with Gasteiger partial charge in [-0.1, -0.05) is 12.1 Å². The molecular weight excluding hydrogens is 370 g/mol. The van der Waals surface area contributed by atoms with Crippen LogP contribution in [0.2, 0.25) is 0 Å². The van der Waals surface area contributed by atoms with Crippen LogP contribution in [0.1, 0.15) is 40.0 Å². The maximum absolute atomic E-state index is 13.3. The molecule has 2 saturated heterocycles. The molecule has 0 spiro atoms. The van der Waals surface area contributed by atoms with Crippen LogP contribution in [0.25, 0.3) is 0 Å². The summed E-state index contributed by atoms with van der Waals surface area (Å²) in [5.41, 5.74) is 1.77. The van der Waals surface area contributed by atoms with E-state index in [1.165, 1.54) is 11.3 Å². The van der Waals surface area contributed by atoms with E-state index in [9.17, 15) is 9.59 Å². The fraction of sp³-hybridized carbons (Fsp3) is 0.368. The molecule has 1 aromatic carbocycles. The smallest absolute Gasteiger partial charge is 0.256 e. The van der Waals surface area contributed by atoms with E-state index in [0.29, 0.717) is 22.9 Å². The Morgan fingerprint density at radius 1 is 1.12 bits per heavy atom. The maximum Gasteiger partial charge on any atom is 0.256 e. The third kappa shape index (κ3) is 3.63. The minimum absolute atomic E-state index is 0. The van der Waals surface area contributed by atoms with Crippen molar-refractivity contribution in [1.29, 1.82) is 0 Å². The zero-order chi connectivity index (χ0) is 17.2. The molecule has 1 aromatic heterocycles. The Bertz CT molecular complexity index is 767. The van der Waals surface area contributed by atoms with E-state index in [0.717, 1.165) is 32.4 Å². The van der Waals surface area contributed by atoms with Gasteiger partial charge in [0.2, 0.25) is 0 Å². The highest BCUT2D eigenvalue weighted by Gasteiger charge is 2.38. The zero-order valence-electron chi connectivity index (χ0n) is 14.3. The molecule has 5 nitrogen and oxygen atoms in total. The molecule has 2 atom stereocenters. The number of hydrogen-bond donors (Lipinski definition) is 2. The molecule has 0 radical (unpaired) electrons. The number of fused-ring (bicyclic) bond motifs is 2. The van der Waals surface area contributed by atoms with Crippen LogP contribution in [0, 0.1) is 0 Å². The molecule has 4 rings (SSSR count). The summed E-state index contributed by atoms with van der Waals surface area (Å²) in [7, 11) is 0. The number of hydrogen-bond acceptors (Lipinski definition) is 4. The van der Waals surface area contributed by atoms with Gasteiger partial charge in [-0.05, 0) is 49.4 Å². The summed E-state index contributed by atoms with van der Waals surface area (Å²) in [4.78, 5) is 27.7. The van der Waals surface area contributed by atoms with Crippen LogP contribution in [0.3, 0.4) is 0 Å². The average Bonchev–Trinajstić information content (AvgIpc) is 3.22. The maximum atomic E-state index is 13.3. The van der Waals surface area contributed by atoms with E-state index in [-0.39, 0.29) is 30.3 Å². The second-order valence-electron chi connectivity index (χ2n) is 6.60. The molecule has 2 amide bonds. The van der Waals surface area contributed by atoms with Crippen LogP contribution in [0.4, 0.5) is 5.69 Å². The van der Waals surface area contributed by atoms with E-state index >= 15 is 0 Å². The van der Waals surface area contributed by atoms with Gasteiger partial charge in [0.05, 0.1) is 16.8 Å². The van der Waals surface area contributed by atoms with Crippen molar-refractivity contribution >= 4 is 41.2 Å². The molecule has 2 aromatic rings. The molecule has 2 aliphatic heterocycles. The molecule has 0 saturated carbocycles. The predicted octanol–water partition coefficient (Wildman–Crippen LogP) is 3.39. The Morgan fingerprint density at radius 3 is 2.73 bits per heavy atom.